The van der Waals surface area contributed by atoms with Gasteiger partial charge in [-0.05, 0) is 44.0 Å². The lowest BCUT2D eigenvalue weighted by molar-refractivity contribution is 0.0827. The Balaban J connectivity index is 1.77. The fourth-order valence-corrected chi connectivity index (χ4v) is 4.50. The minimum Gasteiger partial charge on any atom is -0.285 e. The lowest BCUT2D eigenvalue weighted by Crippen LogP contribution is -2.40. The lowest BCUT2D eigenvalue weighted by atomic mass is 9.96. The Morgan fingerprint density at radius 2 is 1.91 bits per heavy atom. The molecular formula is C25H20ClFN6O. The van der Waals surface area contributed by atoms with E-state index in [1.165, 1.54) is 10.6 Å². The number of aromatic nitrogens is 3. The normalized spacial score (nSPS) is 13.8. The molecule has 0 atom stereocenters. The first-order valence-electron chi connectivity index (χ1n) is 10.9. The van der Waals surface area contributed by atoms with Crippen LogP contribution in [0.2, 0.25) is 5.02 Å². The van der Waals surface area contributed by atoms with Gasteiger partial charge in [-0.2, -0.15) is 10.4 Å². The van der Waals surface area contributed by atoms with Crippen LogP contribution < -0.4 is 5.43 Å². The molecule has 34 heavy (non-hydrogen) atoms. The van der Waals surface area contributed by atoms with Crippen molar-refractivity contribution in [2.45, 2.75) is 19.8 Å². The number of rotatable bonds is 4. The molecule has 1 saturated heterocycles. The van der Waals surface area contributed by atoms with Crippen LogP contribution in [0.15, 0.2) is 48.7 Å². The predicted octanol–water partition coefficient (Wildman–Crippen LogP) is 4.78. The average molecular weight is 475 g/mol. The quantitative estimate of drug-likeness (QED) is 0.460. The van der Waals surface area contributed by atoms with Gasteiger partial charge in [-0.15, -0.1) is 0 Å². The zero-order chi connectivity index (χ0) is 23.8. The van der Waals surface area contributed by atoms with E-state index in [9.17, 15) is 10.1 Å². The summed E-state index contributed by atoms with van der Waals surface area (Å²) in [5.74, 6) is -0.860. The molecule has 2 aromatic carbocycles. The second kappa shape index (κ2) is 8.86. The molecule has 3 heterocycles. The molecule has 2 aromatic heterocycles. The predicted molar refractivity (Wildman–Crippen MR) is 127 cm³/mol. The Morgan fingerprint density at radius 1 is 1.15 bits per heavy atom. The SMILES string of the molecule is Cc1nn2c(-c3ccc(Cl)cc3F)c(-c3ccccc3C#N)cnc2c1C(=O)NN1CCCC1. The molecule has 0 saturated carbocycles. The van der Waals surface area contributed by atoms with E-state index in [1.807, 2.05) is 5.01 Å². The summed E-state index contributed by atoms with van der Waals surface area (Å²) in [7, 11) is 0. The van der Waals surface area contributed by atoms with Crippen LogP contribution >= 0.6 is 11.6 Å². The molecule has 0 unspecified atom stereocenters. The summed E-state index contributed by atoms with van der Waals surface area (Å²) in [5.41, 5.74) is 6.13. The van der Waals surface area contributed by atoms with Crippen molar-refractivity contribution < 1.29 is 9.18 Å². The summed E-state index contributed by atoms with van der Waals surface area (Å²) >= 11 is 6.00. The van der Waals surface area contributed by atoms with Gasteiger partial charge in [0.15, 0.2) is 5.65 Å². The van der Waals surface area contributed by atoms with Crippen LogP contribution in [0, 0.1) is 24.1 Å². The zero-order valence-corrected chi connectivity index (χ0v) is 19.1. The third-order valence-electron chi connectivity index (χ3n) is 5.94. The van der Waals surface area contributed by atoms with Crippen molar-refractivity contribution >= 4 is 23.2 Å². The second-order valence-electron chi connectivity index (χ2n) is 8.13. The first kappa shape index (κ1) is 22.0. The van der Waals surface area contributed by atoms with Crippen molar-refractivity contribution in [2.24, 2.45) is 0 Å². The van der Waals surface area contributed by atoms with E-state index in [4.69, 9.17) is 11.6 Å². The summed E-state index contributed by atoms with van der Waals surface area (Å²) in [5, 5.41) is 16.4. The van der Waals surface area contributed by atoms with Gasteiger partial charge in [0.05, 0.1) is 23.0 Å². The lowest BCUT2D eigenvalue weighted by Gasteiger charge is -2.16. The number of fused-ring (bicyclic) bond motifs is 1. The van der Waals surface area contributed by atoms with Crippen LogP contribution in [-0.4, -0.2) is 38.6 Å². The van der Waals surface area contributed by atoms with Crippen molar-refractivity contribution in [1.29, 1.82) is 5.26 Å². The number of carbonyl (C=O) groups is 1. The summed E-state index contributed by atoms with van der Waals surface area (Å²) in [6.07, 6.45) is 3.60. The molecule has 0 aliphatic carbocycles. The molecule has 170 valence electrons. The van der Waals surface area contributed by atoms with E-state index in [0.717, 1.165) is 25.9 Å². The molecule has 1 aliphatic heterocycles. The Kier molecular flexibility index (Phi) is 5.74. The van der Waals surface area contributed by atoms with Crippen molar-refractivity contribution in [3.8, 4) is 28.5 Å². The molecule has 1 amide bonds. The first-order chi connectivity index (χ1) is 16.5. The number of nitrogens with one attached hydrogen (secondary N) is 1. The second-order valence-corrected chi connectivity index (χ2v) is 8.57. The van der Waals surface area contributed by atoms with Crippen LogP contribution in [0.3, 0.4) is 0 Å². The van der Waals surface area contributed by atoms with Gasteiger partial charge in [-0.25, -0.2) is 18.9 Å². The van der Waals surface area contributed by atoms with E-state index in [-0.39, 0.29) is 16.5 Å². The third kappa shape index (κ3) is 3.79. The Bertz CT molecular complexity index is 1470. The van der Waals surface area contributed by atoms with Crippen molar-refractivity contribution in [3.05, 3.63) is 76.3 Å². The average Bonchev–Trinajstić information content (AvgIpc) is 3.45. The maximum Gasteiger partial charge on any atom is 0.271 e. The molecule has 1 fully saturated rings. The standard InChI is InChI=1S/C25H20ClFN6O/c1-15-22(25(34)31-32-10-4-5-11-32)24-29-14-20(18-7-3-2-6-16(18)13-28)23(33(24)30-15)19-9-8-17(26)12-21(19)27/h2-3,6-9,12,14H,4-5,10-11H2,1H3,(H,31,34). The largest absolute Gasteiger partial charge is 0.285 e. The summed E-state index contributed by atoms with van der Waals surface area (Å²) in [6, 6.07) is 13.6. The van der Waals surface area contributed by atoms with Gasteiger partial charge in [0.1, 0.15) is 11.4 Å². The van der Waals surface area contributed by atoms with Gasteiger partial charge in [-0.1, -0.05) is 29.8 Å². The smallest absolute Gasteiger partial charge is 0.271 e. The summed E-state index contributed by atoms with van der Waals surface area (Å²) in [4.78, 5) is 17.7. The van der Waals surface area contributed by atoms with Crippen LogP contribution in [0.4, 0.5) is 4.39 Å². The highest BCUT2D eigenvalue weighted by molar-refractivity contribution is 6.30. The monoisotopic (exact) mass is 474 g/mol. The highest BCUT2D eigenvalue weighted by Gasteiger charge is 2.26. The van der Waals surface area contributed by atoms with Gasteiger partial charge in [0.2, 0.25) is 0 Å². The maximum absolute atomic E-state index is 15.2. The van der Waals surface area contributed by atoms with Crippen molar-refractivity contribution in [3.63, 3.8) is 0 Å². The van der Waals surface area contributed by atoms with E-state index < -0.39 is 5.82 Å². The number of hydrazine groups is 1. The molecule has 1 aliphatic rings. The highest BCUT2D eigenvalue weighted by Crippen LogP contribution is 2.36. The van der Waals surface area contributed by atoms with Crippen LogP contribution in [0.5, 0.6) is 0 Å². The van der Waals surface area contributed by atoms with Gasteiger partial charge in [0.25, 0.3) is 5.91 Å². The summed E-state index contributed by atoms with van der Waals surface area (Å²) < 4.78 is 16.7. The van der Waals surface area contributed by atoms with Gasteiger partial charge < -0.3 is 0 Å². The third-order valence-corrected chi connectivity index (χ3v) is 6.17. The minimum absolute atomic E-state index is 0.230. The Hall–Kier alpha value is -3.80. The molecule has 0 radical (unpaired) electrons. The molecule has 7 nitrogen and oxygen atoms in total. The molecule has 9 heteroatoms. The van der Waals surface area contributed by atoms with Gasteiger partial charge in [-0.3, -0.25) is 10.2 Å². The fourth-order valence-electron chi connectivity index (χ4n) is 4.34. The highest BCUT2D eigenvalue weighted by atomic mass is 35.5. The van der Waals surface area contributed by atoms with Crippen molar-refractivity contribution in [2.75, 3.05) is 13.1 Å². The number of hydrogen-bond donors (Lipinski definition) is 1. The van der Waals surface area contributed by atoms with Gasteiger partial charge in [0, 0.05) is 41.0 Å². The van der Waals surface area contributed by atoms with E-state index in [1.54, 1.807) is 49.5 Å². The Labute approximate surface area is 200 Å². The van der Waals surface area contributed by atoms with Gasteiger partial charge >= 0.3 is 0 Å². The molecular weight excluding hydrogens is 455 g/mol. The number of nitrogens with zero attached hydrogens (tertiary/aromatic N) is 5. The molecule has 0 bridgehead atoms. The van der Waals surface area contributed by atoms with E-state index in [2.05, 4.69) is 21.6 Å². The number of hydrogen-bond acceptors (Lipinski definition) is 5. The number of amides is 1. The summed E-state index contributed by atoms with van der Waals surface area (Å²) in [6.45, 7) is 3.29. The van der Waals surface area contributed by atoms with E-state index >= 15 is 4.39 Å². The number of benzene rings is 2. The van der Waals surface area contributed by atoms with Crippen LogP contribution in [-0.2, 0) is 0 Å². The Morgan fingerprint density at radius 3 is 2.65 bits per heavy atom. The molecule has 0 spiro atoms. The minimum atomic E-state index is -0.549. The van der Waals surface area contributed by atoms with Crippen LogP contribution in [0.1, 0.15) is 34.5 Å². The molecule has 5 rings (SSSR count). The fraction of sp³-hybridized carbons (Fsp3) is 0.200. The number of carbonyl (C=O) groups excluding carboxylic acids is 1. The van der Waals surface area contributed by atoms with E-state index in [0.29, 0.717) is 39.3 Å². The molecule has 1 N–H and O–H groups in total. The number of nitriles is 1. The zero-order valence-electron chi connectivity index (χ0n) is 18.3. The first-order valence-corrected chi connectivity index (χ1v) is 11.2. The number of halogens is 2. The van der Waals surface area contributed by atoms with Crippen LogP contribution in [0.25, 0.3) is 28.0 Å². The topological polar surface area (TPSA) is 86.3 Å². The maximum atomic E-state index is 15.2. The number of aryl methyl sites for hydroxylation is 1. The van der Waals surface area contributed by atoms with Crippen molar-refractivity contribution in [1.82, 2.24) is 25.0 Å². The molecule has 4 aromatic rings.